The zero-order valence-electron chi connectivity index (χ0n) is 20.5. The van der Waals surface area contributed by atoms with Crippen molar-refractivity contribution in [2.45, 2.75) is 25.9 Å². The molecule has 0 radical (unpaired) electrons. The molecule has 0 atom stereocenters. The molecule has 8 nitrogen and oxygen atoms in total. The normalized spacial score (nSPS) is 11.4. The third kappa shape index (κ3) is 5.75. The first-order valence-electron chi connectivity index (χ1n) is 11.3. The van der Waals surface area contributed by atoms with Gasteiger partial charge in [-0.15, -0.1) is 10.2 Å². The second kappa shape index (κ2) is 11.1. The van der Waals surface area contributed by atoms with Gasteiger partial charge < -0.3 is 9.84 Å². The van der Waals surface area contributed by atoms with E-state index in [1.165, 1.54) is 24.9 Å². The molecule has 3 aromatic carbocycles. The molecule has 0 fully saturated rings. The molecule has 2 N–H and O–H groups in total. The van der Waals surface area contributed by atoms with Crippen molar-refractivity contribution in [2.24, 2.45) is 5.10 Å². The predicted octanol–water partition coefficient (Wildman–Crippen LogP) is 4.90. The Balaban J connectivity index is 1.51. The SMILES string of the molecule is COc1cc(/C(C)=N\NC(=O)CSc2nnc(-c3ccc(C)cc3)n2-c2ccc(C)cc2)ccc1O. The number of aryl methyl sites for hydroxylation is 2. The summed E-state index contributed by atoms with van der Waals surface area (Å²) in [6.07, 6.45) is 0. The molecule has 0 bridgehead atoms. The summed E-state index contributed by atoms with van der Waals surface area (Å²) in [7, 11) is 1.48. The Kier molecular flexibility index (Phi) is 7.70. The number of aromatic hydroxyl groups is 1. The van der Waals surface area contributed by atoms with Crippen LogP contribution in [0.1, 0.15) is 23.6 Å². The number of ether oxygens (including phenoxy) is 1. The van der Waals surface area contributed by atoms with Crippen LogP contribution in [0.3, 0.4) is 0 Å². The molecule has 4 aromatic rings. The van der Waals surface area contributed by atoms with Gasteiger partial charge in [0, 0.05) is 16.8 Å². The molecule has 0 aliphatic heterocycles. The highest BCUT2D eigenvalue weighted by molar-refractivity contribution is 7.99. The molecule has 0 spiro atoms. The van der Waals surface area contributed by atoms with Crippen LogP contribution in [0.2, 0.25) is 0 Å². The number of hydrogen-bond acceptors (Lipinski definition) is 7. The van der Waals surface area contributed by atoms with Crippen LogP contribution >= 0.6 is 11.8 Å². The van der Waals surface area contributed by atoms with E-state index in [4.69, 9.17) is 4.74 Å². The lowest BCUT2D eigenvalue weighted by Crippen LogP contribution is -2.21. The van der Waals surface area contributed by atoms with Gasteiger partial charge in [-0.25, -0.2) is 5.43 Å². The van der Waals surface area contributed by atoms with E-state index in [-0.39, 0.29) is 17.4 Å². The largest absolute Gasteiger partial charge is 0.504 e. The third-order valence-corrected chi connectivity index (χ3v) is 6.44. The van der Waals surface area contributed by atoms with Crippen molar-refractivity contribution in [3.63, 3.8) is 0 Å². The number of carbonyl (C=O) groups excluding carboxylic acids is 1. The third-order valence-electron chi connectivity index (χ3n) is 5.51. The average molecular weight is 502 g/mol. The van der Waals surface area contributed by atoms with Crippen molar-refractivity contribution in [1.82, 2.24) is 20.2 Å². The van der Waals surface area contributed by atoms with Gasteiger partial charge in [-0.1, -0.05) is 59.3 Å². The van der Waals surface area contributed by atoms with Gasteiger partial charge in [-0.3, -0.25) is 9.36 Å². The minimum absolute atomic E-state index is 0.0391. The molecule has 184 valence electrons. The summed E-state index contributed by atoms with van der Waals surface area (Å²) in [5.41, 5.74) is 8.05. The number of hydrogen-bond donors (Lipinski definition) is 2. The standard InChI is InChI=1S/C27H27N5O3S/c1-17-5-9-20(10-6-17)26-30-31-27(32(26)22-12-7-18(2)8-13-22)36-16-25(34)29-28-19(3)21-11-14-23(33)24(15-21)35-4/h5-15,33H,16H2,1-4H3,(H,29,34)/b28-19-. The zero-order chi connectivity index (χ0) is 25.7. The number of aromatic nitrogens is 3. The van der Waals surface area contributed by atoms with Crippen LogP contribution in [-0.4, -0.2) is 44.4 Å². The van der Waals surface area contributed by atoms with Crippen LogP contribution in [0.25, 0.3) is 17.1 Å². The number of benzene rings is 3. The zero-order valence-corrected chi connectivity index (χ0v) is 21.3. The molecule has 4 rings (SSSR count). The molecular weight excluding hydrogens is 474 g/mol. The predicted molar refractivity (Wildman–Crippen MR) is 142 cm³/mol. The van der Waals surface area contributed by atoms with Gasteiger partial charge in [0.1, 0.15) is 0 Å². The number of thioether (sulfide) groups is 1. The van der Waals surface area contributed by atoms with E-state index in [0.717, 1.165) is 27.9 Å². The highest BCUT2D eigenvalue weighted by Crippen LogP contribution is 2.29. The smallest absolute Gasteiger partial charge is 0.250 e. The summed E-state index contributed by atoms with van der Waals surface area (Å²) in [6, 6.07) is 21.1. The molecule has 0 saturated carbocycles. The summed E-state index contributed by atoms with van der Waals surface area (Å²) >= 11 is 1.28. The number of amides is 1. The lowest BCUT2D eigenvalue weighted by atomic mass is 10.1. The number of phenols is 1. The number of methoxy groups -OCH3 is 1. The molecule has 0 saturated heterocycles. The number of carbonyl (C=O) groups is 1. The molecule has 1 heterocycles. The van der Waals surface area contributed by atoms with E-state index in [9.17, 15) is 9.90 Å². The van der Waals surface area contributed by atoms with Gasteiger partial charge in [0.05, 0.1) is 18.6 Å². The Bertz CT molecular complexity index is 1400. The number of phenolic OH excluding ortho intramolecular Hbond substituents is 1. The number of rotatable bonds is 8. The number of hydrazone groups is 1. The van der Waals surface area contributed by atoms with Crippen LogP contribution in [0.15, 0.2) is 77.0 Å². The van der Waals surface area contributed by atoms with Crippen molar-refractivity contribution in [2.75, 3.05) is 12.9 Å². The minimum Gasteiger partial charge on any atom is -0.504 e. The molecule has 0 unspecified atom stereocenters. The summed E-state index contributed by atoms with van der Waals surface area (Å²) < 4.78 is 7.09. The fraction of sp³-hybridized carbons (Fsp3) is 0.185. The Labute approximate surface area is 214 Å². The molecule has 36 heavy (non-hydrogen) atoms. The molecule has 1 amide bonds. The number of nitrogens with one attached hydrogen (secondary N) is 1. The fourth-order valence-electron chi connectivity index (χ4n) is 3.46. The van der Waals surface area contributed by atoms with E-state index < -0.39 is 0 Å². The van der Waals surface area contributed by atoms with E-state index in [0.29, 0.717) is 22.4 Å². The van der Waals surface area contributed by atoms with Crippen molar-refractivity contribution in [3.8, 4) is 28.6 Å². The van der Waals surface area contributed by atoms with E-state index in [1.807, 2.05) is 66.9 Å². The Morgan fingerprint density at radius 3 is 2.36 bits per heavy atom. The molecule has 1 aromatic heterocycles. The summed E-state index contributed by atoms with van der Waals surface area (Å²) in [6.45, 7) is 5.84. The van der Waals surface area contributed by atoms with Gasteiger partial charge in [-0.2, -0.15) is 5.10 Å². The van der Waals surface area contributed by atoms with Crippen molar-refractivity contribution in [3.05, 3.63) is 83.4 Å². The van der Waals surface area contributed by atoms with Crippen molar-refractivity contribution in [1.29, 1.82) is 0 Å². The van der Waals surface area contributed by atoms with Crippen LogP contribution in [0.4, 0.5) is 0 Å². The van der Waals surface area contributed by atoms with Gasteiger partial charge in [0.25, 0.3) is 5.91 Å². The van der Waals surface area contributed by atoms with Crippen molar-refractivity contribution >= 4 is 23.4 Å². The van der Waals surface area contributed by atoms with Crippen molar-refractivity contribution < 1.29 is 14.6 Å². The average Bonchev–Trinajstić information content (AvgIpc) is 3.31. The summed E-state index contributed by atoms with van der Waals surface area (Å²) in [5.74, 6) is 0.909. The lowest BCUT2D eigenvalue weighted by molar-refractivity contribution is -0.118. The Morgan fingerprint density at radius 1 is 1.03 bits per heavy atom. The maximum Gasteiger partial charge on any atom is 0.250 e. The van der Waals surface area contributed by atoms with Gasteiger partial charge >= 0.3 is 0 Å². The van der Waals surface area contributed by atoms with Crippen LogP contribution < -0.4 is 10.2 Å². The highest BCUT2D eigenvalue weighted by atomic mass is 32.2. The quantitative estimate of drug-likeness (QED) is 0.202. The lowest BCUT2D eigenvalue weighted by Gasteiger charge is -2.11. The van der Waals surface area contributed by atoms with Gasteiger partial charge in [-0.05, 0) is 51.1 Å². The van der Waals surface area contributed by atoms with Crippen LogP contribution in [0, 0.1) is 13.8 Å². The first-order valence-corrected chi connectivity index (χ1v) is 12.3. The second-order valence-corrected chi connectivity index (χ2v) is 9.19. The maximum absolute atomic E-state index is 12.6. The molecule has 9 heteroatoms. The van der Waals surface area contributed by atoms with Crippen LogP contribution in [-0.2, 0) is 4.79 Å². The van der Waals surface area contributed by atoms with Gasteiger partial charge in [0.15, 0.2) is 22.5 Å². The van der Waals surface area contributed by atoms with Crippen LogP contribution in [0.5, 0.6) is 11.5 Å². The number of nitrogens with zero attached hydrogens (tertiary/aromatic N) is 4. The van der Waals surface area contributed by atoms with E-state index >= 15 is 0 Å². The first-order chi connectivity index (χ1) is 17.4. The maximum atomic E-state index is 12.6. The highest BCUT2D eigenvalue weighted by Gasteiger charge is 2.17. The summed E-state index contributed by atoms with van der Waals surface area (Å²) in [4.78, 5) is 12.6. The summed E-state index contributed by atoms with van der Waals surface area (Å²) in [5, 5.41) is 23.4. The molecule has 0 aliphatic carbocycles. The fourth-order valence-corrected chi connectivity index (χ4v) is 4.20. The minimum atomic E-state index is -0.277. The topological polar surface area (TPSA) is 102 Å². The van der Waals surface area contributed by atoms with Gasteiger partial charge in [0.2, 0.25) is 0 Å². The molecule has 0 aliphatic rings. The monoisotopic (exact) mass is 501 g/mol. The first kappa shape index (κ1) is 25.0. The van der Waals surface area contributed by atoms with E-state index in [2.05, 4.69) is 20.7 Å². The second-order valence-electron chi connectivity index (χ2n) is 8.25. The Morgan fingerprint density at radius 2 is 1.69 bits per heavy atom. The molecular formula is C27H27N5O3S. The Hall–Kier alpha value is -4.11. The van der Waals surface area contributed by atoms with E-state index in [1.54, 1.807) is 19.1 Å².